The third-order valence-corrected chi connectivity index (χ3v) is 16.0. The van der Waals surface area contributed by atoms with Crippen LogP contribution in [0.25, 0.3) is 0 Å². The highest BCUT2D eigenvalue weighted by Gasteiger charge is 2.70. The number of carboxylic acid groups (broad SMARTS) is 1. The van der Waals surface area contributed by atoms with Crippen LogP contribution < -0.4 is 0 Å². The number of likely N-dealkylation sites (tertiary alicyclic amines) is 1. The Labute approximate surface area is 278 Å². The van der Waals surface area contributed by atoms with Gasteiger partial charge in [-0.3, -0.25) is 14.4 Å². The number of aliphatic hydroxyl groups excluding tert-OH is 1. The second-order valence-electron chi connectivity index (χ2n) is 19.2. The molecule has 6 fully saturated rings. The van der Waals surface area contributed by atoms with Crippen LogP contribution >= 0.6 is 0 Å². The molecule has 2 unspecified atom stereocenters. The lowest BCUT2D eigenvalue weighted by Gasteiger charge is -2.72. The fraction of sp³-hybridized carbons (Fsp3) is 0.923. The van der Waals surface area contributed by atoms with E-state index in [1.54, 1.807) is 0 Å². The minimum absolute atomic E-state index is 0.0439. The van der Waals surface area contributed by atoms with Crippen molar-refractivity contribution in [3.63, 3.8) is 0 Å². The zero-order valence-electron chi connectivity index (χ0n) is 30.0. The number of ether oxygens (including phenoxy) is 1. The largest absolute Gasteiger partial charge is 0.481 e. The van der Waals surface area contributed by atoms with Gasteiger partial charge in [0.05, 0.1) is 18.9 Å². The van der Waals surface area contributed by atoms with Crippen molar-refractivity contribution in [1.82, 2.24) is 4.90 Å². The minimum Gasteiger partial charge on any atom is -0.481 e. The van der Waals surface area contributed by atoms with Gasteiger partial charge in [-0.05, 0) is 121 Å². The van der Waals surface area contributed by atoms with Crippen LogP contribution in [0.5, 0.6) is 0 Å². The molecule has 7 heteroatoms. The van der Waals surface area contributed by atoms with Gasteiger partial charge in [-0.1, -0.05) is 54.9 Å². The molecule has 2 N–H and O–H groups in total. The smallest absolute Gasteiger partial charge is 0.306 e. The molecule has 1 amide bonds. The summed E-state index contributed by atoms with van der Waals surface area (Å²) in [5.74, 6) is 1.54. The molecule has 1 saturated heterocycles. The second kappa shape index (κ2) is 11.5. The first kappa shape index (κ1) is 34.2. The van der Waals surface area contributed by atoms with Crippen LogP contribution in [0.15, 0.2) is 0 Å². The number of nitrogens with zero attached hydrogens (tertiary/aromatic N) is 1. The van der Waals surface area contributed by atoms with Crippen LogP contribution in [-0.2, 0) is 19.1 Å². The van der Waals surface area contributed by atoms with Crippen LogP contribution in [0, 0.1) is 56.2 Å². The van der Waals surface area contributed by atoms with E-state index < -0.39 is 11.4 Å². The van der Waals surface area contributed by atoms with Crippen molar-refractivity contribution in [2.75, 3.05) is 13.1 Å². The van der Waals surface area contributed by atoms with E-state index in [2.05, 4.69) is 34.6 Å². The quantitative estimate of drug-likeness (QED) is 0.277. The maximum Gasteiger partial charge on any atom is 0.306 e. The predicted molar refractivity (Wildman–Crippen MR) is 178 cm³/mol. The molecule has 0 aromatic carbocycles. The molecular weight excluding hydrogens is 578 g/mol. The summed E-state index contributed by atoms with van der Waals surface area (Å²) in [7, 11) is 0. The van der Waals surface area contributed by atoms with Crippen molar-refractivity contribution in [3.8, 4) is 0 Å². The van der Waals surface area contributed by atoms with E-state index in [1.165, 1.54) is 44.9 Å². The second-order valence-corrected chi connectivity index (χ2v) is 19.2. The van der Waals surface area contributed by atoms with Crippen molar-refractivity contribution in [1.29, 1.82) is 0 Å². The number of carbonyl (C=O) groups excluding carboxylic acids is 2. The molecule has 6 aliphatic rings. The number of hydrogen-bond acceptors (Lipinski definition) is 5. The molecule has 0 radical (unpaired) electrons. The summed E-state index contributed by atoms with van der Waals surface area (Å²) in [4.78, 5) is 40.0. The molecule has 0 spiro atoms. The fourth-order valence-electron chi connectivity index (χ4n) is 13.6. The average molecular weight is 642 g/mol. The molecular formula is C39H63NO6. The molecule has 260 valence electrons. The molecule has 1 heterocycles. The molecule has 0 aromatic rings. The Morgan fingerprint density at radius 1 is 0.804 bits per heavy atom. The van der Waals surface area contributed by atoms with Crippen molar-refractivity contribution in [2.24, 2.45) is 56.2 Å². The lowest BCUT2D eigenvalue weighted by atomic mass is 9.32. The van der Waals surface area contributed by atoms with Gasteiger partial charge in [0, 0.05) is 24.9 Å². The van der Waals surface area contributed by atoms with Gasteiger partial charge in [-0.25, -0.2) is 0 Å². The van der Waals surface area contributed by atoms with Crippen molar-refractivity contribution in [3.05, 3.63) is 0 Å². The molecule has 5 aliphatic carbocycles. The van der Waals surface area contributed by atoms with Gasteiger partial charge in [-0.15, -0.1) is 0 Å². The SMILES string of the molecule is CC(C)(CC(=O)O)CC(=O)O[C@H]1CC[C@@]2(C)C(CC[C@]3(C)C2CC[C@@H]2[C@H]4CCC[C@]4(CC(=O)N4CC[C@@H](O)C4)CC[C@]23C)C1(C)C. The summed E-state index contributed by atoms with van der Waals surface area (Å²) in [6.45, 7) is 17.4. The zero-order chi connectivity index (χ0) is 33.5. The first-order chi connectivity index (χ1) is 21.4. The van der Waals surface area contributed by atoms with Gasteiger partial charge in [-0.2, -0.15) is 0 Å². The number of carboxylic acids is 1. The Balaban J connectivity index is 1.19. The third-order valence-electron chi connectivity index (χ3n) is 16.0. The predicted octanol–water partition coefficient (Wildman–Crippen LogP) is 7.63. The van der Waals surface area contributed by atoms with Gasteiger partial charge in [0.1, 0.15) is 6.10 Å². The van der Waals surface area contributed by atoms with Crippen molar-refractivity contribution in [2.45, 2.75) is 157 Å². The monoisotopic (exact) mass is 641 g/mol. The molecule has 5 saturated carbocycles. The first-order valence-electron chi connectivity index (χ1n) is 18.7. The average Bonchev–Trinajstić information content (AvgIpc) is 3.56. The lowest BCUT2D eigenvalue weighted by molar-refractivity contribution is -0.248. The highest BCUT2D eigenvalue weighted by atomic mass is 16.5. The number of carbonyl (C=O) groups is 3. The third kappa shape index (κ3) is 5.35. The van der Waals surface area contributed by atoms with Gasteiger partial charge in [0.15, 0.2) is 0 Å². The zero-order valence-corrected chi connectivity index (χ0v) is 30.0. The summed E-state index contributed by atoms with van der Waals surface area (Å²) in [5.41, 5.74) is 0.0693. The molecule has 0 bridgehead atoms. The van der Waals surface area contributed by atoms with Crippen LogP contribution in [0.4, 0.5) is 0 Å². The maximum absolute atomic E-state index is 13.6. The van der Waals surface area contributed by atoms with E-state index in [-0.39, 0.29) is 64.0 Å². The van der Waals surface area contributed by atoms with Crippen LogP contribution in [0.2, 0.25) is 0 Å². The Kier molecular flexibility index (Phi) is 8.54. The number of rotatable bonds is 7. The number of fused-ring (bicyclic) bond motifs is 7. The van der Waals surface area contributed by atoms with Crippen molar-refractivity contribution >= 4 is 17.8 Å². The van der Waals surface area contributed by atoms with Crippen LogP contribution in [-0.4, -0.2) is 58.3 Å². The maximum atomic E-state index is 13.6. The van der Waals surface area contributed by atoms with Gasteiger partial charge < -0.3 is 19.8 Å². The highest BCUT2D eigenvalue weighted by molar-refractivity contribution is 5.77. The van der Waals surface area contributed by atoms with Gasteiger partial charge >= 0.3 is 11.9 Å². The highest BCUT2D eigenvalue weighted by Crippen LogP contribution is 2.77. The Hall–Kier alpha value is -1.63. The Morgan fingerprint density at radius 3 is 2.22 bits per heavy atom. The number of esters is 1. The molecule has 46 heavy (non-hydrogen) atoms. The number of hydrogen-bond donors (Lipinski definition) is 2. The van der Waals surface area contributed by atoms with E-state index in [9.17, 15) is 24.6 Å². The van der Waals surface area contributed by atoms with E-state index in [1.807, 2.05) is 18.7 Å². The number of β-amino-alcohol motifs (C(OH)–C–C–N with tert-alkyl or cyclic N) is 1. The van der Waals surface area contributed by atoms with E-state index >= 15 is 0 Å². The molecule has 7 nitrogen and oxygen atoms in total. The van der Waals surface area contributed by atoms with Crippen LogP contribution in [0.1, 0.15) is 145 Å². The first-order valence-corrected chi connectivity index (χ1v) is 18.7. The topological polar surface area (TPSA) is 104 Å². The van der Waals surface area contributed by atoms with Gasteiger partial charge in [0.25, 0.3) is 0 Å². The lowest BCUT2D eigenvalue weighted by Crippen LogP contribution is -2.66. The van der Waals surface area contributed by atoms with E-state index in [4.69, 9.17) is 4.74 Å². The minimum atomic E-state index is -0.881. The fourth-order valence-corrected chi connectivity index (χ4v) is 13.6. The molecule has 1 aliphatic heterocycles. The Morgan fingerprint density at radius 2 is 1.54 bits per heavy atom. The van der Waals surface area contributed by atoms with Crippen LogP contribution in [0.3, 0.4) is 0 Å². The van der Waals surface area contributed by atoms with Gasteiger partial charge in [0.2, 0.25) is 5.91 Å². The van der Waals surface area contributed by atoms with E-state index in [0.717, 1.165) is 25.7 Å². The summed E-state index contributed by atoms with van der Waals surface area (Å²) in [6, 6.07) is 0. The Bertz CT molecular complexity index is 1230. The normalized spacial score (nSPS) is 44.8. The number of aliphatic hydroxyl groups is 1. The number of amides is 1. The van der Waals surface area contributed by atoms with E-state index in [0.29, 0.717) is 49.6 Å². The molecule has 0 aromatic heterocycles. The number of aliphatic carboxylic acids is 1. The van der Waals surface area contributed by atoms with Crippen molar-refractivity contribution < 1.29 is 29.3 Å². The summed E-state index contributed by atoms with van der Waals surface area (Å²) in [6.07, 6.45) is 13.9. The summed E-state index contributed by atoms with van der Waals surface area (Å²) < 4.78 is 6.24. The molecule has 10 atom stereocenters. The summed E-state index contributed by atoms with van der Waals surface area (Å²) >= 11 is 0. The standard InChI is InChI=1S/C39H63NO6/c1-34(2,22-32(43)44)23-33(45)46-30-13-16-36(5)28(35(30,3)4)12-17-38(7)29(36)11-10-26-27-9-8-15-39(27,19-18-37(26,38)6)21-31(42)40-20-14-25(41)24-40/h25-30,41H,8-24H2,1-7H3,(H,43,44)/t25-,26-,27-,28?,29?,30+,36+,37-,38-,39-/m1/s1. The molecule has 6 rings (SSSR count). The summed E-state index contributed by atoms with van der Waals surface area (Å²) in [5, 5.41) is 19.4.